The zero-order valence-electron chi connectivity index (χ0n) is 11.8. The number of methoxy groups -OCH3 is 1. The van der Waals surface area contributed by atoms with E-state index in [0.717, 1.165) is 31.1 Å². The number of ether oxygens (including phenoxy) is 2. The molecule has 1 aromatic rings. The molecule has 0 aromatic carbocycles. The zero-order valence-corrected chi connectivity index (χ0v) is 11.8. The lowest BCUT2D eigenvalue weighted by molar-refractivity contribution is 0.157. The van der Waals surface area contributed by atoms with Crippen molar-refractivity contribution < 1.29 is 9.47 Å². The van der Waals surface area contributed by atoms with Crippen molar-refractivity contribution in [3.63, 3.8) is 0 Å². The summed E-state index contributed by atoms with van der Waals surface area (Å²) in [6.45, 7) is 8.65. The molecule has 0 aliphatic rings. The molecule has 0 saturated heterocycles. The molecule has 0 unspecified atom stereocenters. The van der Waals surface area contributed by atoms with Crippen molar-refractivity contribution in [3.8, 4) is 5.75 Å². The van der Waals surface area contributed by atoms with Gasteiger partial charge in [0, 0.05) is 26.5 Å². The lowest BCUT2D eigenvalue weighted by Crippen LogP contribution is -2.25. The summed E-state index contributed by atoms with van der Waals surface area (Å²) >= 11 is 0. The predicted molar refractivity (Wildman–Crippen MR) is 74.2 cm³/mol. The van der Waals surface area contributed by atoms with Crippen molar-refractivity contribution in [3.05, 3.63) is 18.3 Å². The van der Waals surface area contributed by atoms with Crippen LogP contribution in [-0.2, 0) is 4.74 Å². The molecule has 18 heavy (non-hydrogen) atoms. The first kappa shape index (κ1) is 14.8. The maximum Gasteiger partial charge on any atom is 0.168 e. The second-order valence-corrected chi connectivity index (χ2v) is 5.04. The minimum atomic E-state index is 0.164. The normalized spacial score (nSPS) is 11.3. The molecule has 0 radical (unpaired) electrons. The molecular formula is C14H24N2O2. The summed E-state index contributed by atoms with van der Waals surface area (Å²) in [6, 6.07) is 3.81. The molecule has 0 amide bonds. The maximum atomic E-state index is 5.53. The number of rotatable bonds is 8. The Morgan fingerprint density at radius 2 is 2.17 bits per heavy atom. The molecule has 1 heterocycles. The SMILES string of the molecule is CCOc1cccnc1NCC(C)(C)CCOC. The third-order valence-corrected chi connectivity index (χ3v) is 2.79. The van der Waals surface area contributed by atoms with E-state index in [2.05, 4.69) is 24.1 Å². The lowest BCUT2D eigenvalue weighted by atomic mass is 9.90. The second kappa shape index (κ2) is 7.21. The summed E-state index contributed by atoms with van der Waals surface area (Å²) in [5, 5.41) is 3.36. The van der Waals surface area contributed by atoms with Gasteiger partial charge in [-0.25, -0.2) is 4.98 Å². The Hall–Kier alpha value is -1.29. The summed E-state index contributed by atoms with van der Waals surface area (Å²) in [5.74, 6) is 1.62. The van der Waals surface area contributed by atoms with E-state index in [1.54, 1.807) is 13.3 Å². The van der Waals surface area contributed by atoms with Crippen LogP contribution in [-0.4, -0.2) is 31.9 Å². The van der Waals surface area contributed by atoms with Crippen LogP contribution in [0, 0.1) is 5.41 Å². The van der Waals surface area contributed by atoms with Gasteiger partial charge in [-0.05, 0) is 30.9 Å². The van der Waals surface area contributed by atoms with Crippen LogP contribution in [0.1, 0.15) is 27.2 Å². The first-order valence-corrected chi connectivity index (χ1v) is 6.39. The standard InChI is InChI=1S/C14H24N2O2/c1-5-18-12-7-6-9-15-13(12)16-11-14(2,3)8-10-17-4/h6-7,9H,5,8,10-11H2,1-4H3,(H,15,16). The quantitative estimate of drug-likeness (QED) is 0.772. The Balaban J connectivity index is 2.56. The van der Waals surface area contributed by atoms with Crippen molar-refractivity contribution in [2.24, 2.45) is 5.41 Å². The minimum Gasteiger partial charge on any atom is -0.490 e. The summed E-state index contributed by atoms with van der Waals surface area (Å²) in [4.78, 5) is 4.31. The highest BCUT2D eigenvalue weighted by molar-refractivity contribution is 5.49. The van der Waals surface area contributed by atoms with Gasteiger partial charge in [0.1, 0.15) is 0 Å². The summed E-state index contributed by atoms with van der Waals surface area (Å²) in [7, 11) is 1.73. The monoisotopic (exact) mass is 252 g/mol. The molecule has 4 heteroatoms. The van der Waals surface area contributed by atoms with Crippen molar-refractivity contribution >= 4 is 5.82 Å². The number of nitrogens with one attached hydrogen (secondary N) is 1. The number of aromatic nitrogens is 1. The zero-order chi connectivity index (χ0) is 13.4. The van der Waals surface area contributed by atoms with E-state index in [9.17, 15) is 0 Å². The van der Waals surface area contributed by atoms with Crippen LogP contribution in [0.25, 0.3) is 0 Å². The van der Waals surface area contributed by atoms with E-state index in [-0.39, 0.29) is 5.41 Å². The maximum absolute atomic E-state index is 5.53. The van der Waals surface area contributed by atoms with Crippen LogP contribution in [0.5, 0.6) is 5.75 Å². The Morgan fingerprint density at radius 3 is 2.83 bits per heavy atom. The number of anilines is 1. The molecule has 0 bridgehead atoms. The first-order chi connectivity index (χ1) is 8.59. The van der Waals surface area contributed by atoms with Gasteiger partial charge in [-0.1, -0.05) is 13.8 Å². The van der Waals surface area contributed by atoms with Gasteiger partial charge in [0.25, 0.3) is 0 Å². The molecule has 0 atom stereocenters. The van der Waals surface area contributed by atoms with E-state index in [1.165, 1.54) is 0 Å². The Morgan fingerprint density at radius 1 is 1.39 bits per heavy atom. The van der Waals surface area contributed by atoms with Gasteiger partial charge in [0.15, 0.2) is 11.6 Å². The Bertz CT molecular complexity index is 353. The van der Waals surface area contributed by atoms with Crippen molar-refractivity contribution in [1.82, 2.24) is 4.98 Å². The average molecular weight is 252 g/mol. The van der Waals surface area contributed by atoms with E-state index in [1.807, 2.05) is 19.1 Å². The van der Waals surface area contributed by atoms with Crippen molar-refractivity contribution in [1.29, 1.82) is 0 Å². The third-order valence-electron chi connectivity index (χ3n) is 2.79. The van der Waals surface area contributed by atoms with Crippen LogP contribution < -0.4 is 10.1 Å². The number of hydrogen-bond donors (Lipinski definition) is 1. The smallest absolute Gasteiger partial charge is 0.168 e. The fourth-order valence-electron chi connectivity index (χ4n) is 1.59. The molecule has 1 aromatic heterocycles. The van der Waals surface area contributed by atoms with Crippen LogP contribution in [0.4, 0.5) is 5.82 Å². The number of nitrogens with zero attached hydrogens (tertiary/aromatic N) is 1. The van der Waals surface area contributed by atoms with Gasteiger partial charge < -0.3 is 14.8 Å². The molecule has 0 fully saturated rings. The van der Waals surface area contributed by atoms with Crippen molar-refractivity contribution in [2.45, 2.75) is 27.2 Å². The highest BCUT2D eigenvalue weighted by Crippen LogP contribution is 2.25. The van der Waals surface area contributed by atoms with Gasteiger partial charge in [-0.3, -0.25) is 0 Å². The van der Waals surface area contributed by atoms with Crippen LogP contribution in [0.15, 0.2) is 18.3 Å². The lowest BCUT2D eigenvalue weighted by Gasteiger charge is -2.25. The summed E-state index contributed by atoms with van der Waals surface area (Å²) in [5.41, 5.74) is 0.164. The van der Waals surface area contributed by atoms with Crippen LogP contribution in [0.2, 0.25) is 0 Å². The molecule has 0 aliphatic heterocycles. The third kappa shape index (κ3) is 4.92. The number of pyridine rings is 1. The van der Waals surface area contributed by atoms with E-state index in [0.29, 0.717) is 6.61 Å². The second-order valence-electron chi connectivity index (χ2n) is 5.04. The molecule has 102 valence electrons. The van der Waals surface area contributed by atoms with E-state index < -0.39 is 0 Å². The molecule has 0 aliphatic carbocycles. The minimum absolute atomic E-state index is 0.164. The van der Waals surface area contributed by atoms with Crippen LogP contribution in [0.3, 0.4) is 0 Å². The van der Waals surface area contributed by atoms with Gasteiger partial charge >= 0.3 is 0 Å². The molecular weight excluding hydrogens is 228 g/mol. The molecule has 4 nitrogen and oxygen atoms in total. The average Bonchev–Trinajstić information content (AvgIpc) is 2.36. The largest absolute Gasteiger partial charge is 0.490 e. The summed E-state index contributed by atoms with van der Waals surface area (Å²) < 4.78 is 10.7. The molecule has 0 spiro atoms. The van der Waals surface area contributed by atoms with Gasteiger partial charge in [-0.15, -0.1) is 0 Å². The molecule has 1 rings (SSSR count). The van der Waals surface area contributed by atoms with Gasteiger partial charge in [-0.2, -0.15) is 0 Å². The van der Waals surface area contributed by atoms with Gasteiger partial charge in [0.2, 0.25) is 0 Å². The van der Waals surface area contributed by atoms with Crippen molar-refractivity contribution in [2.75, 3.05) is 32.2 Å². The topological polar surface area (TPSA) is 43.4 Å². The Labute approximate surface area is 110 Å². The highest BCUT2D eigenvalue weighted by atomic mass is 16.5. The predicted octanol–water partition coefficient (Wildman–Crippen LogP) is 2.95. The first-order valence-electron chi connectivity index (χ1n) is 6.39. The molecule has 1 N–H and O–H groups in total. The molecule has 0 saturated carbocycles. The number of hydrogen-bond acceptors (Lipinski definition) is 4. The van der Waals surface area contributed by atoms with E-state index >= 15 is 0 Å². The fraction of sp³-hybridized carbons (Fsp3) is 0.643. The summed E-state index contributed by atoms with van der Waals surface area (Å²) in [6.07, 6.45) is 2.78. The Kier molecular flexibility index (Phi) is 5.92. The highest BCUT2D eigenvalue weighted by Gasteiger charge is 2.18. The van der Waals surface area contributed by atoms with E-state index in [4.69, 9.17) is 9.47 Å². The van der Waals surface area contributed by atoms with Gasteiger partial charge in [0.05, 0.1) is 6.61 Å². The van der Waals surface area contributed by atoms with Crippen LogP contribution >= 0.6 is 0 Å². The fourth-order valence-corrected chi connectivity index (χ4v) is 1.59.